The van der Waals surface area contributed by atoms with E-state index in [0.717, 1.165) is 43.4 Å². The molecule has 2 aliphatic carbocycles. The van der Waals surface area contributed by atoms with E-state index in [0.29, 0.717) is 10.2 Å². The Kier molecular flexibility index (Phi) is 2.89. The van der Waals surface area contributed by atoms with Gasteiger partial charge >= 0.3 is 0 Å². The molecule has 2 aromatic rings. The summed E-state index contributed by atoms with van der Waals surface area (Å²) in [6.45, 7) is 0. The summed E-state index contributed by atoms with van der Waals surface area (Å²) >= 11 is 5.13. The van der Waals surface area contributed by atoms with Crippen LogP contribution in [-0.4, -0.2) is 9.97 Å². The van der Waals surface area contributed by atoms with Gasteiger partial charge in [0.05, 0.1) is 0 Å². The number of aromatic nitrogens is 2. The first kappa shape index (κ1) is 13.0. The van der Waals surface area contributed by atoms with Crippen molar-refractivity contribution in [2.75, 3.05) is 0 Å². The van der Waals surface area contributed by atoms with Crippen LogP contribution in [0.15, 0.2) is 29.1 Å². The lowest BCUT2D eigenvalue weighted by atomic mass is 9.64. The van der Waals surface area contributed by atoms with Crippen molar-refractivity contribution < 1.29 is 0 Å². The molecule has 4 rings (SSSR count). The summed E-state index contributed by atoms with van der Waals surface area (Å²) in [5.41, 5.74) is 5.25. The van der Waals surface area contributed by atoms with Crippen molar-refractivity contribution in [1.82, 2.24) is 9.97 Å². The van der Waals surface area contributed by atoms with Gasteiger partial charge in [-0.25, -0.2) is 0 Å². The van der Waals surface area contributed by atoms with E-state index in [1.54, 1.807) is 0 Å². The van der Waals surface area contributed by atoms with Gasteiger partial charge in [0.1, 0.15) is 0 Å². The molecule has 1 spiro atoms. The van der Waals surface area contributed by atoms with Crippen LogP contribution in [0.3, 0.4) is 0 Å². The predicted octanol–water partition coefficient (Wildman–Crippen LogP) is 3.10. The molecule has 0 aliphatic heterocycles. The van der Waals surface area contributed by atoms with Crippen molar-refractivity contribution in [3.63, 3.8) is 0 Å². The number of hydrogen-bond donors (Lipinski definition) is 2. The third kappa shape index (κ3) is 2.18. The molecule has 2 N–H and O–H groups in total. The Morgan fingerprint density at radius 3 is 2.62 bits per heavy atom. The number of aryl methyl sites for hydroxylation is 1. The van der Waals surface area contributed by atoms with Gasteiger partial charge in [-0.15, -0.1) is 0 Å². The molecule has 4 heteroatoms. The summed E-state index contributed by atoms with van der Waals surface area (Å²) in [5, 5.41) is 0. The Hall–Kier alpha value is -1.68. The van der Waals surface area contributed by atoms with Gasteiger partial charge in [0.2, 0.25) is 0 Å². The van der Waals surface area contributed by atoms with Crippen LogP contribution in [0, 0.1) is 10.2 Å². The second-order valence-corrected chi connectivity index (χ2v) is 6.90. The van der Waals surface area contributed by atoms with Crippen molar-refractivity contribution >= 4 is 12.2 Å². The summed E-state index contributed by atoms with van der Waals surface area (Å²) in [5.74, 6) is 0. The molecule has 21 heavy (non-hydrogen) atoms. The molecular formula is C17H18N2OS. The van der Waals surface area contributed by atoms with Gasteiger partial charge in [0.25, 0.3) is 5.56 Å². The fourth-order valence-electron chi connectivity index (χ4n) is 4.06. The summed E-state index contributed by atoms with van der Waals surface area (Å²) in [6.07, 6.45) is 6.38. The molecule has 0 bridgehead atoms. The number of benzene rings is 1. The first-order valence-electron chi connectivity index (χ1n) is 7.56. The number of aromatic amines is 2. The summed E-state index contributed by atoms with van der Waals surface area (Å²) in [7, 11) is 0. The topological polar surface area (TPSA) is 48.6 Å². The van der Waals surface area contributed by atoms with E-state index in [9.17, 15) is 4.79 Å². The average molecular weight is 298 g/mol. The standard InChI is InChI=1S/C17H18N2OS/c20-15-13-6-8-17(10-14(13)18-16(21)19-15)7-5-11-3-1-2-4-12(11)9-17/h1-4H,5-10H2,(H2,18,19,20,21)/t17-/m1/s1. The number of hydrogen-bond acceptors (Lipinski definition) is 2. The molecule has 0 radical (unpaired) electrons. The largest absolute Gasteiger partial charge is 0.336 e. The molecule has 0 unspecified atom stereocenters. The molecule has 1 atom stereocenters. The number of H-pyrrole nitrogens is 2. The fraction of sp³-hybridized carbons (Fsp3) is 0.412. The highest BCUT2D eigenvalue weighted by atomic mass is 32.1. The molecule has 108 valence electrons. The fourth-order valence-corrected chi connectivity index (χ4v) is 4.27. The lowest BCUT2D eigenvalue weighted by Gasteiger charge is -2.41. The van der Waals surface area contributed by atoms with Gasteiger partial charge < -0.3 is 4.98 Å². The van der Waals surface area contributed by atoms with Crippen LogP contribution in [0.1, 0.15) is 35.2 Å². The molecule has 0 fully saturated rings. The Morgan fingerprint density at radius 1 is 1.00 bits per heavy atom. The first-order valence-corrected chi connectivity index (χ1v) is 7.97. The minimum absolute atomic E-state index is 0.000176. The van der Waals surface area contributed by atoms with Crippen LogP contribution in [0.25, 0.3) is 0 Å². The summed E-state index contributed by atoms with van der Waals surface area (Å²) in [4.78, 5) is 17.9. The maximum Gasteiger partial charge on any atom is 0.255 e. The third-order valence-corrected chi connectivity index (χ3v) is 5.40. The zero-order valence-corrected chi connectivity index (χ0v) is 12.7. The molecular weight excluding hydrogens is 280 g/mol. The van der Waals surface area contributed by atoms with Gasteiger partial charge in [0, 0.05) is 11.3 Å². The van der Waals surface area contributed by atoms with Crippen LogP contribution in [0.2, 0.25) is 0 Å². The van der Waals surface area contributed by atoms with E-state index in [-0.39, 0.29) is 5.56 Å². The number of fused-ring (bicyclic) bond motifs is 2. The van der Waals surface area contributed by atoms with Gasteiger partial charge in [-0.3, -0.25) is 9.78 Å². The van der Waals surface area contributed by atoms with Crippen molar-refractivity contribution in [3.8, 4) is 0 Å². The van der Waals surface area contributed by atoms with Crippen LogP contribution in [-0.2, 0) is 25.7 Å². The van der Waals surface area contributed by atoms with Crippen molar-refractivity contribution in [2.45, 2.75) is 38.5 Å². The van der Waals surface area contributed by atoms with Crippen molar-refractivity contribution in [3.05, 3.63) is 61.8 Å². The minimum atomic E-state index is -0.000176. The zero-order valence-electron chi connectivity index (χ0n) is 11.9. The van der Waals surface area contributed by atoms with E-state index in [1.807, 2.05) is 0 Å². The molecule has 0 saturated carbocycles. The third-order valence-electron chi connectivity index (χ3n) is 5.20. The van der Waals surface area contributed by atoms with Crippen LogP contribution in [0.5, 0.6) is 0 Å². The van der Waals surface area contributed by atoms with Gasteiger partial charge in [-0.05, 0) is 67.3 Å². The Balaban J connectivity index is 1.73. The van der Waals surface area contributed by atoms with E-state index in [1.165, 1.54) is 17.5 Å². The monoisotopic (exact) mass is 298 g/mol. The number of rotatable bonds is 0. The maximum atomic E-state index is 12.0. The maximum absolute atomic E-state index is 12.0. The highest BCUT2D eigenvalue weighted by molar-refractivity contribution is 7.71. The van der Waals surface area contributed by atoms with E-state index >= 15 is 0 Å². The normalized spacial score (nSPS) is 23.6. The second kappa shape index (κ2) is 4.67. The quantitative estimate of drug-likeness (QED) is 0.734. The average Bonchev–Trinajstić information content (AvgIpc) is 2.46. The highest BCUT2D eigenvalue weighted by Gasteiger charge is 2.38. The number of nitrogens with one attached hydrogen (secondary N) is 2. The van der Waals surface area contributed by atoms with E-state index < -0.39 is 0 Å². The van der Waals surface area contributed by atoms with Crippen LogP contribution >= 0.6 is 12.2 Å². The zero-order chi connectivity index (χ0) is 14.4. The summed E-state index contributed by atoms with van der Waals surface area (Å²) in [6, 6.07) is 8.76. The second-order valence-electron chi connectivity index (χ2n) is 6.49. The SMILES string of the molecule is O=c1[nH]c(=S)[nH]c2c1CC[C@@]1(CCc3ccccc3C1)C2. The first-order chi connectivity index (χ1) is 10.2. The molecule has 1 heterocycles. The van der Waals surface area contributed by atoms with E-state index in [2.05, 4.69) is 34.2 Å². The molecule has 1 aromatic carbocycles. The lowest BCUT2D eigenvalue weighted by Crippen LogP contribution is -2.37. The van der Waals surface area contributed by atoms with Gasteiger partial charge in [0.15, 0.2) is 4.77 Å². The Bertz CT molecular complexity index is 820. The molecule has 0 amide bonds. The highest BCUT2D eigenvalue weighted by Crippen LogP contribution is 2.44. The minimum Gasteiger partial charge on any atom is -0.336 e. The summed E-state index contributed by atoms with van der Waals surface area (Å²) < 4.78 is 0.451. The van der Waals surface area contributed by atoms with Gasteiger partial charge in [-0.2, -0.15) is 0 Å². The molecule has 2 aliphatic rings. The van der Waals surface area contributed by atoms with Gasteiger partial charge in [-0.1, -0.05) is 24.3 Å². The molecule has 0 saturated heterocycles. The lowest BCUT2D eigenvalue weighted by molar-refractivity contribution is 0.206. The van der Waals surface area contributed by atoms with E-state index in [4.69, 9.17) is 12.2 Å². The molecule has 1 aromatic heterocycles. The Morgan fingerprint density at radius 2 is 1.76 bits per heavy atom. The van der Waals surface area contributed by atoms with Crippen LogP contribution in [0.4, 0.5) is 0 Å². The Labute approximate surface area is 128 Å². The van der Waals surface area contributed by atoms with Crippen LogP contribution < -0.4 is 5.56 Å². The predicted molar refractivity (Wildman–Crippen MR) is 85.2 cm³/mol. The smallest absolute Gasteiger partial charge is 0.255 e. The molecule has 3 nitrogen and oxygen atoms in total. The van der Waals surface area contributed by atoms with Crippen molar-refractivity contribution in [1.29, 1.82) is 0 Å². The van der Waals surface area contributed by atoms with Crippen molar-refractivity contribution in [2.24, 2.45) is 5.41 Å².